The van der Waals surface area contributed by atoms with Gasteiger partial charge in [0.1, 0.15) is 11.8 Å². The molecule has 0 bridgehead atoms. The van der Waals surface area contributed by atoms with Crippen molar-refractivity contribution in [1.82, 2.24) is 5.32 Å². The lowest BCUT2D eigenvalue weighted by Gasteiger charge is -2.32. The van der Waals surface area contributed by atoms with Gasteiger partial charge in [0.25, 0.3) is 0 Å². The predicted octanol–water partition coefficient (Wildman–Crippen LogP) is 1.59. The summed E-state index contributed by atoms with van der Waals surface area (Å²) >= 11 is 0. The molecule has 1 saturated carbocycles. The molecule has 2 atom stereocenters. The molecular weight excluding hydrogens is 278 g/mol. The lowest BCUT2D eigenvalue weighted by Crippen LogP contribution is -2.49. The molecule has 1 aliphatic carbocycles. The highest BCUT2D eigenvalue weighted by molar-refractivity contribution is 6.06. The van der Waals surface area contributed by atoms with Gasteiger partial charge in [0, 0.05) is 6.42 Å². The minimum absolute atomic E-state index is 0.259. The Morgan fingerprint density at radius 1 is 1.38 bits per heavy atom. The number of nitrogens with one attached hydrogen (secondary N) is 1. The summed E-state index contributed by atoms with van der Waals surface area (Å²) in [5.41, 5.74) is -1.47. The number of hydrogen-bond donors (Lipinski definition) is 1. The third-order valence-electron chi connectivity index (χ3n) is 3.79. The summed E-state index contributed by atoms with van der Waals surface area (Å²) in [4.78, 5) is 36.2. The number of amides is 1. The molecule has 2 rings (SSSR count). The highest BCUT2D eigenvalue weighted by Crippen LogP contribution is 2.46. The number of furan rings is 1. The first kappa shape index (κ1) is 15.1. The van der Waals surface area contributed by atoms with E-state index < -0.39 is 23.5 Å². The summed E-state index contributed by atoms with van der Waals surface area (Å²) in [7, 11) is 2.42. The number of carbonyl (C=O) groups is 3. The van der Waals surface area contributed by atoms with Crippen LogP contribution in [0.2, 0.25) is 0 Å². The molecule has 0 spiro atoms. The molecular formula is C14H17NO6. The first-order valence-corrected chi connectivity index (χ1v) is 6.56. The van der Waals surface area contributed by atoms with Gasteiger partial charge in [-0.05, 0) is 25.0 Å². The topological polar surface area (TPSA) is 94.8 Å². The molecule has 7 nitrogen and oxygen atoms in total. The Balaban J connectivity index is 2.47. The van der Waals surface area contributed by atoms with Crippen LogP contribution in [0.3, 0.4) is 0 Å². The predicted molar refractivity (Wildman–Crippen MR) is 70.3 cm³/mol. The second-order valence-corrected chi connectivity index (χ2v) is 4.82. The van der Waals surface area contributed by atoms with E-state index in [4.69, 9.17) is 9.15 Å². The first-order valence-electron chi connectivity index (χ1n) is 6.56. The summed E-state index contributed by atoms with van der Waals surface area (Å²) in [5.74, 6) is -0.643. The molecule has 0 aromatic carbocycles. The van der Waals surface area contributed by atoms with E-state index in [0.29, 0.717) is 12.2 Å². The van der Waals surface area contributed by atoms with Gasteiger partial charge in [-0.2, -0.15) is 0 Å². The van der Waals surface area contributed by atoms with Gasteiger partial charge < -0.3 is 19.2 Å². The van der Waals surface area contributed by atoms with Crippen molar-refractivity contribution < 1.29 is 28.3 Å². The second kappa shape index (κ2) is 5.99. The van der Waals surface area contributed by atoms with Crippen molar-refractivity contribution >= 4 is 17.8 Å². The Morgan fingerprint density at radius 3 is 2.62 bits per heavy atom. The number of ketones is 1. The molecule has 1 N–H and O–H groups in total. The monoisotopic (exact) mass is 295 g/mol. The molecule has 1 heterocycles. The van der Waals surface area contributed by atoms with Gasteiger partial charge in [-0.25, -0.2) is 4.79 Å². The van der Waals surface area contributed by atoms with Crippen molar-refractivity contribution in [3.8, 4) is 0 Å². The number of esters is 1. The summed E-state index contributed by atoms with van der Waals surface area (Å²) in [6, 6.07) is 2.25. The summed E-state index contributed by atoms with van der Waals surface area (Å²) in [5, 5.41) is 2.52. The number of ether oxygens (including phenoxy) is 2. The first-order chi connectivity index (χ1) is 10.1. The van der Waals surface area contributed by atoms with Gasteiger partial charge in [0.2, 0.25) is 0 Å². The van der Waals surface area contributed by atoms with E-state index in [9.17, 15) is 14.4 Å². The van der Waals surface area contributed by atoms with E-state index in [1.165, 1.54) is 20.5 Å². The Hall–Kier alpha value is -2.31. The zero-order valence-corrected chi connectivity index (χ0v) is 11.9. The molecule has 7 heteroatoms. The van der Waals surface area contributed by atoms with Crippen molar-refractivity contribution in [2.24, 2.45) is 5.41 Å². The third-order valence-corrected chi connectivity index (χ3v) is 3.79. The molecule has 1 fully saturated rings. The van der Waals surface area contributed by atoms with Crippen LogP contribution >= 0.6 is 0 Å². The lowest BCUT2D eigenvalue weighted by atomic mass is 9.76. The number of Topliss-reactive ketones (excluding diaryl/α,β-unsaturated/α-hetero) is 1. The van der Waals surface area contributed by atoms with E-state index in [2.05, 4.69) is 10.1 Å². The van der Waals surface area contributed by atoms with Gasteiger partial charge in [-0.1, -0.05) is 0 Å². The quantitative estimate of drug-likeness (QED) is 0.669. The van der Waals surface area contributed by atoms with Crippen LogP contribution in [0.4, 0.5) is 4.79 Å². The fraction of sp³-hybridized carbons (Fsp3) is 0.500. The molecule has 114 valence electrons. The molecule has 21 heavy (non-hydrogen) atoms. The molecule has 0 saturated heterocycles. The van der Waals surface area contributed by atoms with Crippen LogP contribution in [-0.4, -0.2) is 32.1 Å². The van der Waals surface area contributed by atoms with Crippen molar-refractivity contribution in [3.05, 3.63) is 24.2 Å². The largest absolute Gasteiger partial charge is 0.468 e. The average molecular weight is 295 g/mol. The van der Waals surface area contributed by atoms with Gasteiger partial charge in [-0.3, -0.25) is 9.59 Å². The Bertz CT molecular complexity index is 538. The maximum Gasteiger partial charge on any atom is 0.407 e. The fourth-order valence-electron chi connectivity index (χ4n) is 2.78. The molecule has 0 unspecified atom stereocenters. The van der Waals surface area contributed by atoms with E-state index in [0.717, 1.165) is 0 Å². The maximum absolute atomic E-state index is 12.4. The van der Waals surface area contributed by atoms with Crippen molar-refractivity contribution in [2.45, 2.75) is 25.3 Å². The smallest absolute Gasteiger partial charge is 0.407 e. The number of hydrogen-bond acceptors (Lipinski definition) is 6. The van der Waals surface area contributed by atoms with Crippen LogP contribution in [0.1, 0.15) is 31.1 Å². The number of rotatable bonds is 4. The van der Waals surface area contributed by atoms with Crippen LogP contribution in [-0.2, 0) is 19.1 Å². The fourth-order valence-corrected chi connectivity index (χ4v) is 2.78. The Morgan fingerprint density at radius 2 is 2.14 bits per heavy atom. The normalized spacial score (nSPS) is 22.7. The highest BCUT2D eigenvalue weighted by atomic mass is 16.5. The Labute approximate surface area is 121 Å². The van der Waals surface area contributed by atoms with Crippen molar-refractivity contribution in [1.29, 1.82) is 0 Å². The van der Waals surface area contributed by atoms with Crippen molar-refractivity contribution in [3.63, 3.8) is 0 Å². The summed E-state index contributed by atoms with van der Waals surface area (Å²) < 4.78 is 14.7. The minimum Gasteiger partial charge on any atom is -0.468 e. The van der Waals surface area contributed by atoms with Crippen LogP contribution in [0.25, 0.3) is 0 Å². The molecule has 0 aliphatic heterocycles. The SMILES string of the molecule is COC(=O)N[C@@H](c1ccco1)[C@]1(C(=O)OC)CCCC1=O. The van der Waals surface area contributed by atoms with Crippen LogP contribution in [0.5, 0.6) is 0 Å². The number of carbonyl (C=O) groups excluding carboxylic acids is 3. The summed E-state index contributed by atoms with van der Waals surface area (Å²) in [6.07, 6.45) is 1.75. The van der Waals surface area contributed by atoms with E-state index in [1.807, 2.05) is 0 Å². The van der Waals surface area contributed by atoms with Gasteiger partial charge in [0.05, 0.1) is 20.5 Å². The van der Waals surface area contributed by atoms with E-state index in [-0.39, 0.29) is 18.6 Å². The zero-order valence-electron chi connectivity index (χ0n) is 11.9. The van der Waals surface area contributed by atoms with E-state index in [1.54, 1.807) is 12.1 Å². The minimum atomic E-state index is -1.47. The number of methoxy groups -OCH3 is 2. The Kier molecular flexibility index (Phi) is 4.30. The molecule has 0 radical (unpaired) electrons. The van der Waals surface area contributed by atoms with Gasteiger partial charge >= 0.3 is 12.1 Å². The standard InChI is InChI=1S/C14H17NO6/c1-19-12(17)14(7-3-6-10(14)16)11(15-13(18)20-2)9-5-4-8-21-9/h4-5,8,11H,3,6-7H2,1-2H3,(H,15,18)/t11-,14-/m0/s1. The molecule has 1 aromatic heterocycles. The van der Waals surface area contributed by atoms with Crippen molar-refractivity contribution in [2.75, 3.05) is 14.2 Å². The average Bonchev–Trinajstić information content (AvgIpc) is 3.14. The summed E-state index contributed by atoms with van der Waals surface area (Å²) in [6.45, 7) is 0. The zero-order chi connectivity index (χ0) is 15.5. The van der Waals surface area contributed by atoms with Gasteiger partial charge in [0.15, 0.2) is 11.2 Å². The number of alkyl carbamates (subject to hydrolysis) is 1. The highest BCUT2D eigenvalue weighted by Gasteiger charge is 2.57. The van der Waals surface area contributed by atoms with Crippen LogP contribution in [0.15, 0.2) is 22.8 Å². The maximum atomic E-state index is 12.4. The lowest BCUT2D eigenvalue weighted by molar-refractivity contribution is -0.159. The third kappa shape index (κ3) is 2.51. The van der Waals surface area contributed by atoms with Crippen LogP contribution in [0, 0.1) is 5.41 Å². The molecule has 1 amide bonds. The second-order valence-electron chi connectivity index (χ2n) is 4.82. The molecule has 1 aromatic rings. The van der Waals surface area contributed by atoms with Gasteiger partial charge in [-0.15, -0.1) is 0 Å². The van der Waals surface area contributed by atoms with E-state index >= 15 is 0 Å². The molecule has 1 aliphatic rings. The van der Waals surface area contributed by atoms with Crippen LogP contribution < -0.4 is 5.32 Å².